The second-order valence-corrected chi connectivity index (χ2v) is 7.26. The molecule has 4 rings (SSSR count). The fourth-order valence-electron chi connectivity index (χ4n) is 3.41. The molecule has 0 saturated carbocycles. The lowest BCUT2D eigenvalue weighted by Gasteiger charge is -2.16. The molecule has 0 saturated heterocycles. The van der Waals surface area contributed by atoms with Crippen LogP contribution in [0.1, 0.15) is 5.56 Å². The van der Waals surface area contributed by atoms with Crippen molar-refractivity contribution in [1.82, 2.24) is 15.2 Å². The van der Waals surface area contributed by atoms with E-state index in [1.807, 2.05) is 24.3 Å². The van der Waals surface area contributed by atoms with Crippen LogP contribution in [0, 0.1) is 0 Å². The van der Waals surface area contributed by atoms with Crippen molar-refractivity contribution in [2.24, 2.45) is 0 Å². The average Bonchev–Trinajstić information content (AvgIpc) is 3.29. The first-order chi connectivity index (χ1) is 14.2. The van der Waals surface area contributed by atoms with Gasteiger partial charge in [-0.05, 0) is 57.4 Å². The highest BCUT2D eigenvalue weighted by atomic mass is 32.2. The summed E-state index contributed by atoms with van der Waals surface area (Å²) >= 11 is 1.59. The number of ether oxygens (including phenoxy) is 4. The topological polar surface area (TPSA) is 78.5 Å². The van der Waals surface area contributed by atoms with Crippen molar-refractivity contribution in [3.63, 3.8) is 0 Å². The third kappa shape index (κ3) is 3.51. The van der Waals surface area contributed by atoms with E-state index in [0.29, 0.717) is 28.8 Å². The normalized spacial score (nSPS) is 11.0. The monoisotopic (exact) mass is 411 g/mol. The minimum absolute atomic E-state index is 0.677. The molecule has 0 aliphatic rings. The number of methoxy groups -OCH3 is 4. The predicted octanol–water partition coefficient (Wildman–Crippen LogP) is 4.44. The lowest BCUT2D eigenvalue weighted by Crippen LogP contribution is -1.95. The number of aromatic amines is 1. The molecule has 0 aliphatic heterocycles. The van der Waals surface area contributed by atoms with Crippen LogP contribution in [0.2, 0.25) is 0 Å². The van der Waals surface area contributed by atoms with E-state index in [9.17, 15) is 0 Å². The molecule has 0 fully saturated rings. The molecule has 0 aliphatic carbocycles. The van der Waals surface area contributed by atoms with Gasteiger partial charge in [0.05, 0.1) is 28.4 Å². The molecule has 0 bridgehead atoms. The van der Waals surface area contributed by atoms with Crippen LogP contribution in [0.3, 0.4) is 0 Å². The molecular weight excluding hydrogens is 390 g/mol. The van der Waals surface area contributed by atoms with Crippen molar-refractivity contribution in [2.75, 3.05) is 28.4 Å². The lowest BCUT2D eigenvalue weighted by atomic mass is 9.96. The zero-order chi connectivity index (χ0) is 20.4. The van der Waals surface area contributed by atoms with Crippen LogP contribution in [-0.4, -0.2) is 43.6 Å². The number of benzene rings is 3. The van der Waals surface area contributed by atoms with Crippen LogP contribution in [0.15, 0.2) is 41.8 Å². The zero-order valence-electron chi connectivity index (χ0n) is 16.6. The Labute approximate surface area is 172 Å². The molecule has 7 nitrogen and oxygen atoms in total. The van der Waals surface area contributed by atoms with Gasteiger partial charge in [-0.25, -0.2) is 4.98 Å². The Morgan fingerprint density at radius 1 is 0.759 bits per heavy atom. The first-order valence-corrected chi connectivity index (χ1v) is 9.88. The molecular formula is C21H21N3O4S. The molecule has 0 radical (unpaired) electrons. The third-order valence-electron chi connectivity index (χ3n) is 4.80. The molecule has 29 heavy (non-hydrogen) atoms. The predicted molar refractivity (Wildman–Crippen MR) is 114 cm³/mol. The van der Waals surface area contributed by atoms with Gasteiger partial charge in [-0.3, -0.25) is 5.10 Å². The molecule has 0 atom stereocenters. The van der Waals surface area contributed by atoms with Crippen molar-refractivity contribution >= 4 is 33.3 Å². The number of rotatable bonds is 7. The molecule has 8 heteroatoms. The van der Waals surface area contributed by atoms with Gasteiger partial charge in [0.2, 0.25) is 0 Å². The molecule has 0 amide bonds. The molecule has 3 aromatic carbocycles. The third-order valence-corrected chi connectivity index (χ3v) is 5.73. The maximum absolute atomic E-state index is 5.54. The number of nitrogens with one attached hydrogen (secondary N) is 1. The Morgan fingerprint density at radius 2 is 1.34 bits per heavy atom. The quantitative estimate of drug-likeness (QED) is 0.356. The second kappa shape index (κ2) is 8.08. The number of hydrogen-bond acceptors (Lipinski definition) is 7. The highest BCUT2D eigenvalue weighted by Crippen LogP contribution is 2.42. The standard InChI is InChI=1S/C21H21N3O4S/c1-25-17-6-12-5-13(10-29-21-22-11-23-24-21)15-8-19(27-3)20(28-4)9-16(15)14(12)7-18(17)26-2/h5-9,11H,10H2,1-4H3,(H,22,23,24). The SMILES string of the molecule is COc1cc2cc(CSc3ncn[nH]3)c3cc(OC)c(OC)cc3c2cc1OC. The summed E-state index contributed by atoms with van der Waals surface area (Å²) in [7, 11) is 6.55. The fourth-order valence-corrected chi connectivity index (χ4v) is 4.18. The van der Waals surface area contributed by atoms with Crippen molar-refractivity contribution < 1.29 is 18.9 Å². The Balaban J connectivity index is 1.97. The maximum Gasteiger partial charge on any atom is 0.183 e. The summed E-state index contributed by atoms with van der Waals surface area (Å²) in [4.78, 5) is 4.20. The molecule has 0 unspecified atom stereocenters. The van der Waals surface area contributed by atoms with E-state index in [2.05, 4.69) is 21.2 Å². The summed E-state index contributed by atoms with van der Waals surface area (Å²) in [5, 5.41) is 11.8. The van der Waals surface area contributed by atoms with Crippen LogP contribution in [0.5, 0.6) is 23.0 Å². The summed E-state index contributed by atoms with van der Waals surface area (Å²) in [6, 6.07) is 10.2. The zero-order valence-corrected chi connectivity index (χ0v) is 17.4. The summed E-state index contributed by atoms with van der Waals surface area (Å²) in [6.45, 7) is 0. The Kier molecular flexibility index (Phi) is 5.35. The van der Waals surface area contributed by atoms with Crippen LogP contribution in [0.25, 0.3) is 21.5 Å². The maximum atomic E-state index is 5.54. The van der Waals surface area contributed by atoms with Gasteiger partial charge in [-0.15, -0.1) is 0 Å². The number of thioether (sulfide) groups is 1. The van der Waals surface area contributed by atoms with Gasteiger partial charge in [-0.2, -0.15) is 5.10 Å². The highest BCUT2D eigenvalue weighted by molar-refractivity contribution is 7.98. The first-order valence-electron chi connectivity index (χ1n) is 8.90. The minimum Gasteiger partial charge on any atom is -0.493 e. The van der Waals surface area contributed by atoms with Gasteiger partial charge in [0.1, 0.15) is 6.33 Å². The smallest absolute Gasteiger partial charge is 0.183 e. The number of H-pyrrole nitrogens is 1. The van der Waals surface area contributed by atoms with E-state index in [0.717, 1.165) is 32.3 Å². The molecule has 1 aromatic heterocycles. The average molecular weight is 411 g/mol. The fraction of sp³-hybridized carbons (Fsp3) is 0.238. The molecule has 0 spiro atoms. The van der Waals surface area contributed by atoms with Crippen LogP contribution in [0.4, 0.5) is 0 Å². The van der Waals surface area contributed by atoms with E-state index in [-0.39, 0.29) is 0 Å². The van der Waals surface area contributed by atoms with Crippen LogP contribution < -0.4 is 18.9 Å². The summed E-state index contributed by atoms with van der Waals surface area (Å²) < 4.78 is 22.1. The first kappa shape index (κ1) is 19.2. The number of aromatic nitrogens is 3. The number of nitrogens with zero attached hydrogens (tertiary/aromatic N) is 2. The van der Waals surface area contributed by atoms with E-state index < -0.39 is 0 Å². The number of fused-ring (bicyclic) bond motifs is 3. The Hall–Kier alpha value is -3.13. The van der Waals surface area contributed by atoms with Crippen molar-refractivity contribution in [3.8, 4) is 23.0 Å². The summed E-state index contributed by atoms with van der Waals surface area (Å²) in [5.41, 5.74) is 1.14. The Morgan fingerprint density at radius 3 is 1.93 bits per heavy atom. The molecule has 1 heterocycles. The van der Waals surface area contributed by atoms with E-state index in [4.69, 9.17) is 18.9 Å². The van der Waals surface area contributed by atoms with Gasteiger partial charge in [0, 0.05) is 5.75 Å². The van der Waals surface area contributed by atoms with Gasteiger partial charge in [0.25, 0.3) is 0 Å². The highest BCUT2D eigenvalue weighted by Gasteiger charge is 2.16. The molecule has 1 N–H and O–H groups in total. The van der Waals surface area contributed by atoms with Crippen molar-refractivity contribution in [3.05, 3.63) is 42.2 Å². The van der Waals surface area contributed by atoms with Crippen molar-refractivity contribution in [2.45, 2.75) is 10.9 Å². The minimum atomic E-state index is 0.677. The summed E-state index contributed by atoms with van der Waals surface area (Å²) in [6.07, 6.45) is 1.51. The van der Waals surface area contributed by atoms with Gasteiger partial charge >= 0.3 is 0 Å². The number of hydrogen-bond donors (Lipinski definition) is 1. The van der Waals surface area contributed by atoms with Crippen molar-refractivity contribution in [1.29, 1.82) is 0 Å². The Bertz CT molecular complexity index is 1160. The summed E-state index contributed by atoms with van der Waals surface area (Å²) in [5.74, 6) is 3.45. The van der Waals surface area contributed by atoms with Crippen LogP contribution in [-0.2, 0) is 5.75 Å². The molecule has 150 valence electrons. The van der Waals surface area contributed by atoms with E-state index in [1.54, 1.807) is 40.2 Å². The van der Waals surface area contributed by atoms with Gasteiger partial charge in [-0.1, -0.05) is 11.8 Å². The van der Waals surface area contributed by atoms with Gasteiger partial charge in [0.15, 0.2) is 28.2 Å². The van der Waals surface area contributed by atoms with E-state index in [1.165, 1.54) is 6.33 Å². The largest absolute Gasteiger partial charge is 0.493 e. The van der Waals surface area contributed by atoms with Crippen LogP contribution >= 0.6 is 11.8 Å². The second-order valence-electron chi connectivity index (χ2n) is 6.30. The van der Waals surface area contributed by atoms with Gasteiger partial charge < -0.3 is 18.9 Å². The lowest BCUT2D eigenvalue weighted by molar-refractivity contribution is 0.355. The molecule has 4 aromatic rings. The van der Waals surface area contributed by atoms with E-state index >= 15 is 0 Å².